The summed E-state index contributed by atoms with van der Waals surface area (Å²) in [4.78, 5) is 19.9. The molecule has 3 heterocycles. The van der Waals surface area contributed by atoms with E-state index in [0.29, 0.717) is 5.56 Å². The summed E-state index contributed by atoms with van der Waals surface area (Å²) in [7, 11) is 0. The molecule has 1 aliphatic heterocycles. The molecule has 134 valence electrons. The predicted molar refractivity (Wildman–Crippen MR) is 102 cm³/mol. The van der Waals surface area contributed by atoms with Gasteiger partial charge in [0.2, 0.25) is 0 Å². The zero-order valence-corrected chi connectivity index (χ0v) is 15.2. The van der Waals surface area contributed by atoms with Crippen LogP contribution in [0, 0.1) is 0 Å². The molecule has 4 aromatic rings. The molecule has 0 bridgehead atoms. The van der Waals surface area contributed by atoms with Crippen molar-refractivity contribution in [1.29, 1.82) is 0 Å². The summed E-state index contributed by atoms with van der Waals surface area (Å²) >= 11 is 1.68. The van der Waals surface area contributed by atoms with Crippen molar-refractivity contribution in [2.75, 3.05) is 6.54 Å². The summed E-state index contributed by atoms with van der Waals surface area (Å²) in [6.07, 6.45) is 3.45. The average molecular weight is 376 g/mol. The highest BCUT2D eigenvalue weighted by molar-refractivity contribution is 7.18. The molecule has 2 aromatic carbocycles. The van der Waals surface area contributed by atoms with Gasteiger partial charge in [-0.3, -0.25) is 4.79 Å². The molecule has 1 amide bonds. The van der Waals surface area contributed by atoms with E-state index in [1.165, 1.54) is 6.33 Å². The Bertz CT molecular complexity index is 1070. The van der Waals surface area contributed by atoms with Gasteiger partial charge in [-0.1, -0.05) is 18.2 Å². The Morgan fingerprint density at radius 3 is 2.93 bits per heavy atom. The maximum absolute atomic E-state index is 13.2. The van der Waals surface area contributed by atoms with Crippen LogP contribution in [-0.4, -0.2) is 42.5 Å². The number of benzene rings is 2. The van der Waals surface area contributed by atoms with E-state index in [-0.39, 0.29) is 11.9 Å². The number of aromatic nitrogens is 5. The van der Waals surface area contributed by atoms with Crippen LogP contribution >= 0.6 is 11.3 Å². The Morgan fingerprint density at radius 1 is 1.15 bits per heavy atom. The summed E-state index contributed by atoms with van der Waals surface area (Å²) in [5, 5.41) is 12.2. The summed E-state index contributed by atoms with van der Waals surface area (Å²) < 4.78 is 2.71. The van der Waals surface area contributed by atoms with Gasteiger partial charge in [-0.2, -0.15) is 0 Å². The molecule has 1 aliphatic rings. The molecule has 0 N–H and O–H groups in total. The van der Waals surface area contributed by atoms with Crippen LogP contribution in [-0.2, 0) is 0 Å². The topological polar surface area (TPSA) is 76.8 Å². The minimum atomic E-state index is 0.0201. The zero-order chi connectivity index (χ0) is 18.2. The zero-order valence-electron chi connectivity index (χ0n) is 14.4. The highest BCUT2D eigenvalue weighted by Gasteiger charge is 2.32. The average Bonchev–Trinajstić information content (AvgIpc) is 3.47. The van der Waals surface area contributed by atoms with Gasteiger partial charge < -0.3 is 4.90 Å². The molecule has 1 atom stereocenters. The van der Waals surface area contributed by atoms with Crippen LogP contribution in [0.1, 0.15) is 34.2 Å². The Balaban J connectivity index is 1.46. The van der Waals surface area contributed by atoms with Crippen molar-refractivity contribution < 1.29 is 4.79 Å². The molecule has 27 heavy (non-hydrogen) atoms. The number of rotatable bonds is 3. The lowest BCUT2D eigenvalue weighted by Crippen LogP contribution is -2.30. The van der Waals surface area contributed by atoms with Crippen molar-refractivity contribution >= 4 is 27.5 Å². The van der Waals surface area contributed by atoms with Gasteiger partial charge in [0.05, 0.1) is 21.9 Å². The second-order valence-corrected chi connectivity index (χ2v) is 7.54. The molecule has 7 nitrogen and oxygen atoms in total. The number of hydrogen-bond acceptors (Lipinski definition) is 6. The van der Waals surface area contributed by atoms with Crippen LogP contribution in [0.2, 0.25) is 0 Å². The molecule has 1 fully saturated rings. The molecule has 1 saturated heterocycles. The van der Waals surface area contributed by atoms with E-state index in [0.717, 1.165) is 40.3 Å². The van der Waals surface area contributed by atoms with Crippen LogP contribution < -0.4 is 0 Å². The lowest BCUT2D eigenvalue weighted by atomic mass is 10.1. The van der Waals surface area contributed by atoms with E-state index in [1.807, 2.05) is 47.4 Å². The van der Waals surface area contributed by atoms with E-state index in [1.54, 1.807) is 16.0 Å². The number of para-hydroxylation sites is 1. The van der Waals surface area contributed by atoms with Gasteiger partial charge in [0, 0.05) is 12.1 Å². The molecular formula is C19H16N6OS. The molecule has 0 saturated carbocycles. The van der Waals surface area contributed by atoms with Crippen LogP contribution in [0.25, 0.3) is 15.9 Å². The number of amides is 1. The fourth-order valence-electron chi connectivity index (χ4n) is 3.53. The third kappa shape index (κ3) is 2.87. The number of tetrazole rings is 1. The second-order valence-electron chi connectivity index (χ2n) is 6.48. The normalized spacial score (nSPS) is 16.9. The minimum absolute atomic E-state index is 0.0201. The van der Waals surface area contributed by atoms with E-state index in [4.69, 9.17) is 4.98 Å². The number of nitrogens with zero attached hydrogens (tertiary/aromatic N) is 6. The van der Waals surface area contributed by atoms with Gasteiger partial charge >= 0.3 is 0 Å². The first-order valence-corrected chi connectivity index (χ1v) is 9.61. The van der Waals surface area contributed by atoms with E-state index in [2.05, 4.69) is 21.6 Å². The first-order chi connectivity index (χ1) is 13.3. The van der Waals surface area contributed by atoms with Crippen molar-refractivity contribution in [3.05, 3.63) is 65.4 Å². The molecule has 0 radical (unpaired) electrons. The summed E-state index contributed by atoms with van der Waals surface area (Å²) in [6.45, 7) is 0.745. The minimum Gasteiger partial charge on any atom is -0.329 e. The van der Waals surface area contributed by atoms with Crippen molar-refractivity contribution in [3.8, 4) is 5.69 Å². The van der Waals surface area contributed by atoms with Crippen LogP contribution in [0.3, 0.4) is 0 Å². The van der Waals surface area contributed by atoms with Gasteiger partial charge in [-0.05, 0) is 53.6 Å². The molecule has 0 unspecified atom stereocenters. The standard InChI is InChI=1S/C19H16N6OS/c26-19(13-5-3-6-14(11-13)25-12-20-22-23-25)24-10-4-8-16(24)18-21-15-7-1-2-9-17(15)27-18/h1-3,5-7,9,11-12,16H,4,8,10H2/t16-/m0/s1. The van der Waals surface area contributed by atoms with Gasteiger partial charge in [0.15, 0.2) is 0 Å². The van der Waals surface area contributed by atoms with Crippen molar-refractivity contribution in [2.45, 2.75) is 18.9 Å². The number of thiazole rings is 1. The maximum atomic E-state index is 13.2. The summed E-state index contributed by atoms with van der Waals surface area (Å²) in [5.41, 5.74) is 2.40. The molecule has 0 spiro atoms. The Labute approximate surface area is 159 Å². The number of likely N-dealkylation sites (tertiary alicyclic amines) is 1. The van der Waals surface area contributed by atoms with Gasteiger partial charge in [0.25, 0.3) is 5.91 Å². The molecular weight excluding hydrogens is 360 g/mol. The lowest BCUT2D eigenvalue weighted by Gasteiger charge is -2.23. The third-order valence-corrected chi connectivity index (χ3v) is 5.95. The van der Waals surface area contributed by atoms with Crippen molar-refractivity contribution in [1.82, 2.24) is 30.1 Å². The van der Waals surface area contributed by atoms with Gasteiger partial charge in [-0.15, -0.1) is 16.4 Å². The number of carbonyl (C=O) groups excluding carboxylic acids is 1. The van der Waals surface area contributed by atoms with Crippen molar-refractivity contribution in [3.63, 3.8) is 0 Å². The molecule has 5 rings (SSSR count). The largest absolute Gasteiger partial charge is 0.329 e. The van der Waals surface area contributed by atoms with Crippen LogP contribution in [0.15, 0.2) is 54.9 Å². The fraction of sp³-hybridized carbons (Fsp3) is 0.211. The first-order valence-electron chi connectivity index (χ1n) is 8.79. The number of fused-ring (bicyclic) bond motifs is 1. The quantitative estimate of drug-likeness (QED) is 0.549. The highest BCUT2D eigenvalue weighted by Crippen LogP contribution is 2.37. The summed E-state index contributed by atoms with van der Waals surface area (Å²) in [6, 6.07) is 15.5. The highest BCUT2D eigenvalue weighted by atomic mass is 32.1. The Morgan fingerprint density at radius 2 is 2.07 bits per heavy atom. The monoisotopic (exact) mass is 376 g/mol. The lowest BCUT2D eigenvalue weighted by molar-refractivity contribution is 0.0735. The smallest absolute Gasteiger partial charge is 0.254 e. The van der Waals surface area contributed by atoms with E-state index in [9.17, 15) is 4.79 Å². The van der Waals surface area contributed by atoms with Crippen molar-refractivity contribution in [2.24, 2.45) is 0 Å². The molecule has 8 heteroatoms. The second kappa shape index (κ2) is 6.55. The van der Waals surface area contributed by atoms with Crippen LogP contribution in [0.4, 0.5) is 0 Å². The number of hydrogen-bond donors (Lipinski definition) is 0. The Kier molecular flexibility index (Phi) is 3.90. The van der Waals surface area contributed by atoms with Gasteiger partial charge in [-0.25, -0.2) is 9.67 Å². The van der Waals surface area contributed by atoms with Crippen LogP contribution in [0.5, 0.6) is 0 Å². The first kappa shape index (κ1) is 16.1. The molecule has 0 aliphatic carbocycles. The van der Waals surface area contributed by atoms with E-state index < -0.39 is 0 Å². The number of carbonyl (C=O) groups is 1. The maximum Gasteiger partial charge on any atom is 0.254 e. The van der Waals surface area contributed by atoms with Gasteiger partial charge in [0.1, 0.15) is 11.3 Å². The SMILES string of the molecule is O=C(c1cccc(-n2cnnn2)c1)N1CCC[C@H]1c1nc2ccccc2s1. The fourth-order valence-corrected chi connectivity index (χ4v) is 4.64. The Hall–Kier alpha value is -3.13. The molecule has 2 aromatic heterocycles. The predicted octanol–water partition coefficient (Wildman–Crippen LogP) is 3.25. The summed E-state index contributed by atoms with van der Waals surface area (Å²) in [5.74, 6) is 0.0201. The third-order valence-electron chi connectivity index (χ3n) is 4.82. The van der Waals surface area contributed by atoms with E-state index >= 15 is 0 Å².